The Bertz CT molecular complexity index is 406. The molecule has 2 unspecified atom stereocenters. The van der Waals surface area contributed by atoms with Crippen molar-refractivity contribution in [2.24, 2.45) is 0 Å². The first-order valence-electron chi connectivity index (χ1n) is 5.23. The molecular formula is C10H16N2O3S2. The summed E-state index contributed by atoms with van der Waals surface area (Å²) < 4.78 is 16.0. The minimum atomic E-state index is -0.866. The van der Waals surface area contributed by atoms with Crippen LogP contribution in [-0.2, 0) is 15.5 Å². The van der Waals surface area contributed by atoms with Gasteiger partial charge in [-0.3, -0.25) is 4.21 Å². The van der Waals surface area contributed by atoms with E-state index in [0.717, 1.165) is 0 Å². The molecule has 1 rings (SSSR count). The average Bonchev–Trinajstić information content (AvgIpc) is 2.74. The first kappa shape index (κ1) is 14.1. The predicted molar refractivity (Wildman–Crippen MR) is 70.1 cm³/mol. The Hall–Kier alpha value is -0.950. The van der Waals surface area contributed by atoms with E-state index in [1.807, 2.05) is 6.92 Å². The number of hydrogen-bond donors (Lipinski definition) is 1. The minimum Gasteiger partial charge on any atom is -0.461 e. The second kappa shape index (κ2) is 6.70. The van der Waals surface area contributed by atoms with Gasteiger partial charge in [0.1, 0.15) is 0 Å². The molecule has 0 fully saturated rings. The SMILES string of the molecule is CCOC(=O)c1csc(NCC(C)S(C)=O)n1. The van der Waals surface area contributed by atoms with Gasteiger partial charge in [0, 0.05) is 34.2 Å². The zero-order chi connectivity index (χ0) is 12.8. The number of nitrogens with one attached hydrogen (secondary N) is 1. The quantitative estimate of drug-likeness (QED) is 0.797. The molecule has 0 aromatic carbocycles. The largest absolute Gasteiger partial charge is 0.461 e. The summed E-state index contributed by atoms with van der Waals surface area (Å²) in [4.78, 5) is 15.4. The number of carbonyl (C=O) groups excluding carboxylic acids is 1. The monoisotopic (exact) mass is 276 g/mol. The van der Waals surface area contributed by atoms with E-state index in [0.29, 0.717) is 24.0 Å². The highest BCUT2D eigenvalue weighted by atomic mass is 32.2. The van der Waals surface area contributed by atoms with Gasteiger partial charge in [0.25, 0.3) is 0 Å². The van der Waals surface area contributed by atoms with Gasteiger partial charge in [-0.05, 0) is 13.8 Å². The maximum absolute atomic E-state index is 11.3. The van der Waals surface area contributed by atoms with Crippen LogP contribution >= 0.6 is 11.3 Å². The second-order valence-electron chi connectivity index (χ2n) is 3.45. The second-order valence-corrected chi connectivity index (χ2v) is 6.11. The Morgan fingerprint density at radius 3 is 3.00 bits per heavy atom. The molecule has 7 heteroatoms. The summed E-state index contributed by atoms with van der Waals surface area (Å²) >= 11 is 1.34. The van der Waals surface area contributed by atoms with Gasteiger partial charge in [-0.2, -0.15) is 0 Å². The van der Waals surface area contributed by atoms with Crippen molar-refractivity contribution in [1.29, 1.82) is 0 Å². The van der Waals surface area contributed by atoms with Crippen molar-refractivity contribution in [3.63, 3.8) is 0 Å². The fourth-order valence-corrected chi connectivity index (χ4v) is 2.01. The molecule has 0 bridgehead atoms. The lowest BCUT2D eigenvalue weighted by Crippen LogP contribution is -2.20. The van der Waals surface area contributed by atoms with Crippen LogP contribution in [0.3, 0.4) is 0 Å². The third-order valence-corrected chi connectivity index (χ3v) is 4.20. The van der Waals surface area contributed by atoms with Crippen molar-refractivity contribution in [3.8, 4) is 0 Å². The summed E-state index contributed by atoms with van der Waals surface area (Å²) in [5.41, 5.74) is 0.310. The fourth-order valence-electron chi connectivity index (χ4n) is 1.00. The third-order valence-electron chi connectivity index (χ3n) is 2.10. The molecule has 0 radical (unpaired) electrons. The van der Waals surface area contributed by atoms with Crippen LogP contribution < -0.4 is 5.32 Å². The molecule has 0 aliphatic carbocycles. The van der Waals surface area contributed by atoms with Gasteiger partial charge >= 0.3 is 5.97 Å². The minimum absolute atomic E-state index is 0.0462. The van der Waals surface area contributed by atoms with Crippen LogP contribution in [0.1, 0.15) is 24.3 Å². The number of ether oxygens (including phenoxy) is 1. The first-order valence-corrected chi connectivity index (χ1v) is 7.73. The molecule has 2 atom stereocenters. The number of esters is 1. The fraction of sp³-hybridized carbons (Fsp3) is 0.600. The first-order chi connectivity index (χ1) is 8.04. The van der Waals surface area contributed by atoms with Crippen molar-refractivity contribution < 1.29 is 13.7 Å². The zero-order valence-corrected chi connectivity index (χ0v) is 11.7. The summed E-state index contributed by atoms with van der Waals surface area (Å²) in [5, 5.41) is 5.39. The van der Waals surface area contributed by atoms with E-state index in [9.17, 15) is 9.00 Å². The van der Waals surface area contributed by atoms with Crippen LogP contribution in [0.15, 0.2) is 5.38 Å². The number of nitrogens with zero attached hydrogens (tertiary/aromatic N) is 1. The van der Waals surface area contributed by atoms with E-state index in [1.165, 1.54) is 11.3 Å². The van der Waals surface area contributed by atoms with Crippen molar-refractivity contribution in [2.45, 2.75) is 19.1 Å². The lowest BCUT2D eigenvalue weighted by molar-refractivity contribution is 0.0520. The standard InChI is InChI=1S/C10H16N2O3S2/c1-4-15-9(13)8-6-16-10(12-8)11-5-7(2)17(3)14/h6-7H,4-5H2,1-3H3,(H,11,12). The van der Waals surface area contributed by atoms with E-state index < -0.39 is 16.8 Å². The summed E-state index contributed by atoms with van der Waals surface area (Å²) in [6.45, 7) is 4.55. The Labute approximate surface area is 107 Å². The van der Waals surface area contributed by atoms with E-state index >= 15 is 0 Å². The third kappa shape index (κ3) is 4.43. The summed E-state index contributed by atoms with van der Waals surface area (Å²) in [6, 6.07) is 0. The highest BCUT2D eigenvalue weighted by Crippen LogP contribution is 2.16. The molecule has 0 saturated heterocycles. The molecule has 0 aliphatic rings. The number of aromatic nitrogens is 1. The molecule has 0 saturated carbocycles. The number of thiazole rings is 1. The van der Waals surface area contributed by atoms with Crippen LogP contribution in [-0.4, -0.2) is 39.8 Å². The lowest BCUT2D eigenvalue weighted by atomic mass is 10.5. The lowest BCUT2D eigenvalue weighted by Gasteiger charge is -2.07. The highest BCUT2D eigenvalue weighted by Gasteiger charge is 2.12. The zero-order valence-electron chi connectivity index (χ0n) is 10.1. The highest BCUT2D eigenvalue weighted by molar-refractivity contribution is 7.84. The molecule has 0 aliphatic heterocycles. The van der Waals surface area contributed by atoms with E-state index in [4.69, 9.17) is 4.74 Å². The molecule has 0 spiro atoms. The molecular weight excluding hydrogens is 260 g/mol. The summed E-state index contributed by atoms with van der Waals surface area (Å²) in [5.74, 6) is -0.413. The van der Waals surface area contributed by atoms with Crippen molar-refractivity contribution in [3.05, 3.63) is 11.1 Å². The van der Waals surface area contributed by atoms with E-state index in [2.05, 4.69) is 10.3 Å². The van der Waals surface area contributed by atoms with E-state index in [-0.39, 0.29) is 5.25 Å². The topological polar surface area (TPSA) is 68.3 Å². The smallest absolute Gasteiger partial charge is 0.357 e. The van der Waals surface area contributed by atoms with Gasteiger partial charge in [0.2, 0.25) is 0 Å². The van der Waals surface area contributed by atoms with Crippen LogP contribution in [0.25, 0.3) is 0 Å². The summed E-state index contributed by atoms with van der Waals surface area (Å²) in [6.07, 6.45) is 1.66. The van der Waals surface area contributed by atoms with Crippen molar-refractivity contribution >= 4 is 33.2 Å². The molecule has 1 aromatic heterocycles. The van der Waals surface area contributed by atoms with Gasteiger partial charge in [-0.15, -0.1) is 11.3 Å². The molecule has 1 N–H and O–H groups in total. The average molecular weight is 276 g/mol. The van der Waals surface area contributed by atoms with Gasteiger partial charge < -0.3 is 10.1 Å². The Morgan fingerprint density at radius 2 is 2.41 bits per heavy atom. The molecule has 1 aromatic rings. The Kier molecular flexibility index (Phi) is 5.57. The number of anilines is 1. The van der Waals surface area contributed by atoms with Gasteiger partial charge in [-0.25, -0.2) is 9.78 Å². The molecule has 0 amide bonds. The van der Waals surface area contributed by atoms with Gasteiger partial charge in [0.05, 0.1) is 6.61 Å². The molecule has 1 heterocycles. The molecule has 17 heavy (non-hydrogen) atoms. The number of carbonyl (C=O) groups is 1. The van der Waals surface area contributed by atoms with Crippen molar-refractivity contribution in [1.82, 2.24) is 4.98 Å². The number of rotatable bonds is 6. The van der Waals surface area contributed by atoms with Crippen LogP contribution in [0.5, 0.6) is 0 Å². The Morgan fingerprint density at radius 1 is 1.71 bits per heavy atom. The normalized spacial score (nSPS) is 14.1. The molecule has 96 valence electrons. The maximum Gasteiger partial charge on any atom is 0.357 e. The molecule has 5 nitrogen and oxygen atoms in total. The Balaban J connectivity index is 2.51. The van der Waals surface area contributed by atoms with Crippen LogP contribution in [0, 0.1) is 0 Å². The van der Waals surface area contributed by atoms with Crippen molar-refractivity contribution in [2.75, 3.05) is 24.7 Å². The van der Waals surface area contributed by atoms with Crippen LogP contribution in [0.2, 0.25) is 0 Å². The van der Waals surface area contributed by atoms with Gasteiger partial charge in [-0.1, -0.05) is 0 Å². The maximum atomic E-state index is 11.3. The van der Waals surface area contributed by atoms with E-state index in [1.54, 1.807) is 18.6 Å². The number of hydrogen-bond acceptors (Lipinski definition) is 6. The predicted octanol–water partition coefficient (Wildman–Crippen LogP) is 1.50. The summed E-state index contributed by atoms with van der Waals surface area (Å²) in [7, 11) is -0.866. The van der Waals surface area contributed by atoms with Gasteiger partial charge in [0.15, 0.2) is 10.8 Å². The van der Waals surface area contributed by atoms with Crippen LogP contribution in [0.4, 0.5) is 5.13 Å².